The van der Waals surface area contributed by atoms with Gasteiger partial charge in [0.15, 0.2) is 0 Å². The molecular formula is C10H11ClN4S. The standard InChI is InChI=1S/C10H11ClN4S/c1-15(4-8-5-16-6-13-8)10-3-7(12)2-9(11)14-10/h2-3,5-6H,4H2,1H3,(H2,12,14). The van der Waals surface area contributed by atoms with Crippen molar-refractivity contribution in [1.82, 2.24) is 9.97 Å². The van der Waals surface area contributed by atoms with Crippen LogP contribution in [0.1, 0.15) is 5.69 Å². The van der Waals surface area contributed by atoms with Gasteiger partial charge in [-0.3, -0.25) is 0 Å². The molecule has 0 aliphatic heterocycles. The van der Waals surface area contributed by atoms with Crippen LogP contribution in [0.25, 0.3) is 0 Å². The average molecular weight is 255 g/mol. The molecule has 0 saturated carbocycles. The third-order valence-electron chi connectivity index (χ3n) is 2.08. The first-order chi connectivity index (χ1) is 7.65. The molecular weight excluding hydrogens is 244 g/mol. The number of rotatable bonds is 3. The fraction of sp³-hybridized carbons (Fsp3) is 0.200. The number of nitrogens with two attached hydrogens (primary N) is 1. The Balaban J connectivity index is 2.17. The number of hydrogen-bond acceptors (Lipinski definition) is 5. The minimum absolute atomic E-state index is 0.403. The molecule has 4 nitrogen and oxygen atoms in total. The second-order valence-electron chi connectivity index (χ2n) is 3.42. The molecule has 2 N–H and O–H groups in total. The summed E-state index contributed by atoms with van der Waals surface area (Å²) in [4.78, 5) is 10.4. The van der Waals surface area contributed by atoms with Crippen LogP contribution in [0.3, 0.4) is 0 Å². The van der Waals surface area contributed by atoms with Crippen molar-refractivity contribution in [2.24, 2.45) is 0 Å². The number of pyridine rings is 1. The molecule has 84 valence electrons. The highest BCUT2D eigenvalue weighted by Gasteiger charge is 2.06. The molecule has 0 unspecified atom stereocenters. The van der Waals surface area contributed by atoms with Gasteiger partial charge in [-0.15, -0.1) is 11.3 Å². The van der Waals surface area contributed by atoms with Crippen LogP contribution >= 0.6 is 22.9 Å². The van der Waals surface area contributed by atoms with Crippen molar-refractivity contribution in [3.05, 3.63) is 33.9 Å². The first-order valence-electron chi connectivity index (χ1n) is 4.66. The van der Waals surface area contributed by atoms with Crippen molar-refractivity contribution in [3.63, 3.8) is 0 Å². The summed E-state index contributed by atoms with van der Waals surface area (Å²) in [6, 6.07) is 3.42. The summed E-state index contributed by atoms with van der Waals surface area (Å²) in [5, 5.41) is 2.41. The van der Waals surface area contributed by atoms with E-state index in [2.05, 4.69) is 9.97 Å². The molecule has 0 bridgehead atoms. The lowest BCUT2D eigenvalue weighted by atomic mass is 10.3. The molecule has 0 aromatic carbocycles. The minimum atomic E-state index is 0.403. The van der Waals surface area contributed by atoms with Gasteiger partial charge in [-0.05, 0) is 6.07 Å². The number of nitrogens with zero attached hydrogens (tertiary/aromatic N) is 3. The minimum Gasteiger partial charge on any atom is -0.399 e. The van der Waals surface area contributed by atoms with Crippen molar-refractivity contribution in [2.75, 3.05) is 17.7 Å². The molecule has 2 aromatic heterocycles. The Labute approximate surface area is 103 Å². The van der Waals surface area contributed by atoms with Crippen LogP contribution in [0.4, 0.5) is 11.5 Å². The van der Waals surface area contributed by atoms with Crippen LogP contribution < -0.4 is 10.6 Å². The Kier molecular flexibility index (Phi) is 3.26. The largest absolute Gasteiger partial charge is 0.399 e. The van der Waals surface area contributed by atoms with E-state index < -0.39 is 0 Å². The van der Waals surface area contributed by atoms with E-state index in [1.165, 1.54) is 0 Å². The normalized spacial score (nSPS) is 10.4. The molecule has 16 heavy (non-hydrogen) atoms. The van der Waals surface area contributed by atoms with Crippen LogP contribution in [-0.4, -0.2) is 17.0 Å². The van der Waals surface area contributed by atoms with Crippen molar-refractivity contribution in [2.45, 2.75) is 6.54 Å². The van der Waals surface area contributed by atoms with Gasteiger partial charge in [-0.2, -0.15) is 0 Å². The number of halogens is 1. The number of nitrogen functional groups attached to an aromatic ring is 1. The van der Waals surface area contributed by atoms with Crippen molar-refractivity contribution in [1.29, 1.82) is 0 Å². The lowest BCUT2D eigenvalue weighted by Crippen LogP contribution is -2.18. The van der Waals surface area contributed by atoms with E-state index in [1.807, 2.05) is 22.8 Å². The van der Waals surface area contributed by atoms with E-state index in [1.54, 1.807) is 23.5 Å². The Bertz CT molecular complexity index is 451. The van der Waals surface area contributed by atoms with Gasteiger partial charge in [0.2, 0.25) is 0 Å². The maximum atomic E-state index is 5.84. The fourth-order valence-corrected chi connectivity index (χ4v) is 2.10. The lowest BCUT2D eigenvalue weighted by Gasteiger charge is -2.17. The molecule has 0 radical (unpaired) electrons. The average Bonchev–Trinajstić information content (AvgIpc) is 2.68. The Hall–Kier alpha value is -1.33. The van der Waals surface area contributed by atoms with Gasteiger partial charge in [0.25, 0.3) is 0 Å². The van der Waals surface area contributed by atoms with Crippen LogP contribution in [0.2, 0.25) is 5.15 Å². The summed E-state index contributed by atoms with van der Waals surface area (Å²) in [7, 11) is 1.93. The summed E-state index contributed by atoms with van der Waals surface area (Å²) in [5.41, 5.74) is 9.13. The van der Waals surface area contributed by atoms with Gasteiger partial charge < -0.3 is 10.6 Å². The third-order valence-corrected chi connectivity index (χ3v) is 2.91. The molecule has 0 atom stereocenters. The van der Waals surface area contributed by atoms with Crippen molar-refractivity contribution in [3.8, 4) is 0 Å². The van der Waals surface area contributed by atoms with E-state index in [9.17, 15) is 0 Å². The molecule has 2 rings (SSSR count). The van der Waals surface area contributed by atoms with Gasteiger partial charge in [0, 0.05) is 24.2 Å². The first kappa shape index (κ1) is 11.2. The van der Waals surface area contributed by atoms with Crippen molar-refractivity contribution >= 4 is 34.4 Å². The van der Waals surface area contributed by atoms with Gasteiger partial charge in [-0.1, -0.05) is 11.6 Å². The number of anilines is 2. The third kappa shape index (κ3) is 2.62. The number of hydrogen-bond donors (Lipinski definition) is 1. The van der Waals surface area contributed by atoms with Crippen molar-refractivity contribution < 1.29 is 0 Å². The smallest absolute Gasteiger partial charge is 0.133 e. The Morgan fingerprint density at radius 3 is 2.94 bits per heavy atom. The quantitative estimate of drug-likeness (QED) is 0.855. The monoisotopic (exact) mass is 254 g/mol. The molecule has 0 aliphatic rings. The van der Waals surface area contributed by atoms with Crippen LogP contribution in [0.5, 0.6) is 0 Å². The molecule has 6 heteroatoms. The second-order valence-corrected chi connectivity index (χ2v) is 4.52. The van der Waals surface area contributed by atoms with Crippen LogP contribution in [-0.2, 0) is 6.54 Å². The van der Waals surface area contributed by atoms with Gasteiger partial charge in [-0.25, -0.2) is 9.97 Å². The molecule has 0 aliphatic carbocycles. The van der Waals surface area contributed by atoms with Crippen LogP contribution in [0.15, 0.2) is 23.0 Å². The predicted molar refractivity (Wildman–Crippen MR) is 67.9 cm³/mol. The molecule has 2 heterocycles. The van der Waals surface area contributed by atoms with Gasteiger partial charge in [0.1, 0.15) is 11.0 Å². The highest BCUT2D eigenvalue weighted by molar-refractivity contribution is 7.07. The zero-order valence-corrected chi connectivity index (χ0v) is 10.3. The Morgan fingerprint density at radius 2 is 2.31 bits per heavy atom. The molecule has 0 fully saturated rings. The zero-order chi connectivity index (χ0) is 11.5. The zero-order valence-electron chi connectivity index (χ0n) is 8.72. The van der Waals surface area contributed by atoms with E-state index in [4.69, 9.17) is 17.3 Å². The maximum Gasteiger partial charge on any atom is 0.133 e. The molecule has 0 spiro atoms. The van der Waals surface area contributed by atoms with E-state index >= 15 is 0 Å². The summed E-state index contributed by atoms with van der Waals surface area (Å²) in [6.07, 6.45) is 0. The molecule has 0 amide bonds. The highest BCUT2D eigenvalue weighted by atomic mass is 35.5. The van der Waals surface area contributed by atoms with Crippen LogP contribution in [0, 0.1) is 0 Å². The summed E-state index contributed by atoms with van der Waals surface area (Å²) < 4.78 is 0. The Morgan fingerprint density at radius 1 is 1.50 bits per heavy atom. The summed E-state index contributed by atoms with van der Waals surface area (Å²) >= 11 is 7.42. The number of aromatic nitrogens is 2. The summed E-state index contributed by atoms with van der Waals surface area (Å²) in [6.45, 7) is 0.691. The molecule has 2 aromatic rings. The van der Waals surface area contributed by atoms with E-state index in [0.717, 1.165) is 11.5 Å². The predicted octanol–water partition coefficient (Wildman–Crippen LogP) is 2.41. The SMILES string of the molecule is CN(Cc1cscn1)c1cc(N)cc(Cl)n1. The fourth-order valence-electron chi connectivity index (χ4n) is 1.34. The lowest BCUT2D eigenvalue weighted by molar-refractivity contribution is 0.875. The molecule has 0 saturated heterocycles. The number of thiazole rings is 1. The van der Waals surface area contributed by atoms with Gasteiger partial charge in [0.05, 0.1) is 17.7 Å². The topological polar surface area (TPSA) is 55.0 Å². The summed E-state index contributed by atoms with van der Waals surface area (Å²) in [5.74, 6) is 0.748. The highest BCUT2D eigenvalue weighted by Crippen LogP contribution is 2.19. The maximum absolute atomic E-state index is 5.84. The second kappa shape index (κ2) is 4.67. The van der Waals surface area contributed by atoms with E-state index in [0.29, 0.717) is 17.4 Å². The van der Waals surface area contributed by atoms with Gasteiger partial charge >= 0.3 is 0 Å². The van der Waals surface area contributed by atoms with E-state index in [-0.39, 0.29) is 0 Å². The first-order valence-corrected chi connectivity index (χ1v) is 5.98.